The first kappa shape index (κ1) is 17.1. The van der Waals surface area contributed by atoms with Gasteiger partial charge in [0.15, 0.2) is 5.78 Å². The second-order valence-electron chi connectivity index (χ2n) is 7.35. The van der Waals surface area contributed by atoms with Crippen molar-refractivity contribution in [3.8, 4) is 0 Å². The monoisotopic (exact) mass is 345 g/mol. The van der Waals surface area contributed by atoms with Crippen molar-refractivity contribution < 1.29 is 9.53 Å². The van der Waals surface area contributed by atoms with E-state index in [1.54, 1.807) is 0 Å². The zero-order valence-corrected chi connectivity index (χ0v) is 15.1. The van der Waals surface area contributed by atoms with Crippen molar-refractivity contribution in [2.45, 2.75) is 39.7 Å². The molecule has 1 aliphatic carbocycles. The average molecular weight is 345 g/mol. The van der Waals surface area contributed by atoms with Crippen LogP contribution >= 0.6 is 11.3 Å². The third-order valence-electron chi connectivity index (χ3n) is 4.28. The summed E-state index contributed by atoms with van der Waals surface area (Å²) in [5.41, 5.74) is 0.433. The van der Waals surface area contributed by atoms with Gasteiger partial charge in [0, 0.05) is 24.0 Å². The number of aromatic nitrogens is 1. The van der Waals surface area contributed by atoms with E-state index in [2.05, 4.69) is 17.1 Å². The smallest absolute Gasteiger partial charge is 0.266 e. The van der Waals surface area contributed by atoms with E-state index < -0.39 is 5.41 Å². The van der Waals surface area contributed by atoms with Gasteiger partial charge in [0.2, 0.25) is 0 Å². The van der Waals surface area contributed by atoms with Gasteiger partial charge in [0.25, 0.3) is 5.56 Å². The van der Waals surface area contributed by atoms with Gasteiger partial charge in [-0.25, -0.2) is 0 Å². The quantitative estimate of drug-likeness (QED) is 0.891. The number of aromatic amines is 1. The number of hydrogen-bond donors (Lipinski definition) is 1. The van der Waals surface area contributed by atoms with Crippen LogP contribution in [-0.2, 0) is 9.53 Å². The lowest BCUT2D eigenvalue weighted by molar-refractivity contribution is -0.119. The fraction of sp³-hybridized carbons (Fsp3) is 0.474. The third-order valence-corrected chi connectivity index (χ3v) is 5.24. The SMILES string of the molecule is CC(C)(C)C(=O)/C=c1\[nH]c(=O)/c(=C/C2=CC3CCCOC3C=C2)s1. The lowest BCUT2D eigenvalue weighted by Crippen LogP contribution is -2.28. The molecule has 0 aromatic carbocycles. The Morgan fingerprint density at radius 3 is 2.96 bits per heavy atom. The summed E-state index contributed by atoms with van der Waals surface area (Å²) in [5, 5.41) is 0. The predicted octanol–water partition coefficient (Wildman–Crippen LogP) is 1.90. The molecule has 0 saturated carbocycles. The summed E-state index contributed by atoms with van der Waals surface area (Å²) < 4.78 is 6.95. The van der Waals surface area contributed by atoms with Crippen molar-refractivity contribution in [2.75, 3.05) is 6.61 Å². The van der Waals surface area contributed by atoms with Crippen LogP contribution in [0.5, 0.6) is 0 Å². The van der Waals surface area contributed by atoms with E-state index in [1.807, 2.05) is 32.9 Å². The summed E-state index contributed by atoms with van der Waals surface area (Å²) >= 11 is 1.32. The number of Topliss-reactive ketones (excluding diaryl/α,β-unsaturated/α-hetero) is 1. The number of nitrogens with one attached hydrogen (secondary N) is 1. The van der Waals surface area contributed by atoms with Crippen molar-refractivity contribution in [3.63, 3.8) is 0 Å². The second kappa shape index (κ2) is 6.65. The van der Waals surface area contributed by atoms with E-state index in [4.69, 9.17) is 4.74 Å². The maximum atomic E-state index is 12.1. The number of thiazole rings is 1. The number of rotatable bonds is 2. The maximum absolute atomic E-state index is 12.1. The fourth-order valence-corrected chi connectivity index (χ4v) is 3.70. The first-order valence-corrected chi connectivity index (χ1v) is 9.13. The van der Waals surface area contributed by atoms with E-state index in [-0.39, 0.29) is 17.4 Å². The van der Waals surface area contributed by atoms with Gasteiger partial charge < -0.3 is 9.72 Å². The minimum atomic E-state index is -0.449. The van der Waals surface area contributed by atoms with E-state index in [0.717, 1.165) is 25.0 Å². The Labute approximate surface area is 145 Å². The molecule has 2 atom stereocenters. The summed E-state index contributed by atoms with van der Waals surface area (Å²) in [6, 6.07) is 0. The van der Waals surface area contributed by atoms with Crippen LogP contribution in [0.15, 0.2) is 28.6 Å². The molecule has 1 saturated heterocycles. The van der Waals surface area contributed by atoms with Crippen molar-refractivity contribution in [1.29, 1.82) is 0 Å². The van der Waals surface area contributed by atoms with Crippen LogP contribution in [0.4, 0.5) is 0 Å². The largest absolute Gasteiger partial charge is 0.374 e. The third kappa shape index (κ3) is 3.84. The van der Waals surface area contributed by atoms with Crippen molar-refractivity contribution in [3.05, 3.63) is 43.4 Å². The number of ether oxygens (including phenoxy) is 1. The lowest BCUT2D eigenvalue weighted by atomic mass is 9.88. The molecule has 2 unspecified atom stereocenters. The van der Waals surface area contributed by atoms with Crippen LogP contribution in [0, 0.1) is 11.3 Å². The number of ketones is 1. The highest BCUT2D eigenvalue weighted by Gasteiger charge is 2.24. The summed E-state index contributed by atoms with van der Waals surface area (Å²) in [6.07, 6.45) is 12.1. The van der Waals surface area contributed by atoms with E-state index >= 15 is 0 Å². The van der Waals surface area contributed by atoms with Gasteiger partial charge in [-0.05, 0) is 24.5 Å². The standard InChI is InChI=1S/C19H23NO3S/c1-19(2,3)16(21)11-17-20-18(22)15(24-17)10-12-6-7-14-13(9-12)5-4-8-23-14/h6-7,9-11,13-14H,4-5,8H2,1-3H3,(H,20,22)/b15-10-,17-11+. The first-order valence-electron chi connectivity index (χ1n) is 8.31. The van der Waals surface area contributed by atoms with Gasteiger partial charge in [-0.2, -0.15) is 0 Å². The van der Waals surface area contributed by atoms with Gasteiger partial charge >= 0.3 is 0 Å². The predicted molar refractivity (Wildman–Crippen MR) is 97.3 cm³/mol. The van der Waals surface area contributed by atoms with E-state index in [9.17, 15) is 9.59 Å². The number of hydrogen-bond acceptors (Lipinski definition) is 4. The summed E-state index contributed by atoms with van der Waals surface area (Å²) in [6.45, 7) is 6.42. The Hall–Kier alpha value is -1.72. The molecule has 5 heteroatoms. The zero-order chi connectivity index (χ0) is 17.3. The molecule has 1 N–H and O–H groups in total. The van der Waals surface area contributed by atoms with Crippen LogP contribution in [0.1, 0.15) is 33.6 Å². The first-order chi connectivity index (χ1) is 11.3. The van der Waals surface area contributed by atoms with Gasteiger partial charge in [-0.1, -0.05) is 39.0 Å². The van der Waals surface area contributed by atoms with Crippen molar-refractivity contribution >= 4 is 29.3 Å². The van der Waals surface area contributed by atoms with E-state index in [0.29, 0.717) is 15.1 Å². The minimum Gasteiger partial charge on any atom is -0.374 e. The molecule has 2 heterocycles. The highest BCUT2D eigenvalue weighted by atomic mass is 32.1. The van der Waals surface area contributed by atoms with Gasteiger partial charge in [0.05, 0.1) is 15.3 Å². The summed E-state index contributed by atoms with van der Waals surface area (Å²) in [7, 11) is 0. The Kier molecular flexibility index (Phi) is 4.74. The number of fused-ring (bicyclic) bond motifs is 1. The number of H-pyrrole nitrogens is 1. The van der Waals surface area contributed by atoms with Crippen LogP contribution in [0.25, 0.3) is 12.2 Å². The number of allylic oxidation sites excluding steroid dienone is 2. The number of carbonyl (C=O) groups excluding carboxylic acids is 1. The zero-order valence-electron chi connectivity index (χ0n) is 14.3. The molecule has 1 aromatic heterocycles. The number of carbonyl (C=O) groups is 1. The molecule has 1 aliphatic heterocycles. The normalized spacial score (nSPS) is 25.5. The average Bonchev–Trinajstić information content (AvgIpc) is 2.86. The highest BCUT2D eigenvalue weighted by Crippen LogP contribution is 2.28. The molecule has 3 rings (SSSR count). The van der Waals surface area contributed by atoms with E-state index in [1.165, 1.54) is 17.4 Å². The van der Waals surface area contributed by atoms with Gasteiger partial charge in [-0.15, -0.1) is 11.3 Å². The Morgan fingerprint density at radius 1 is 1.42 bits per heavy atom. The van der Waals surface area contributed by atoms with Gasteiger partial charge in [0.1, 0.15) is 0 Å². The fourth-order valence-electron chi connectivity index (χ4n) is 2.82. The molecule has 0 bridgehead atoms. The van der Waals surface area contributed by atoms with Gasteiger partial charge in [-0.3, -0.25) is 9.59 Å². The second-order valence-corrected chi connectivity index (χ2v) is 8.44. The Bertz CT molecular complexity index is 864. The minimum absolute atomic E-state index is 0.00511. The Balaban J connectivity index is 1.91. The Morgan fingerprint density at radius 2 is 2.21 bits per heavy atom. The molecule has 1 aromatic rings. The molecular weight excluding hydrogens is 322 g/mol. The molecule has 2 aliphatic rings. The lowest BCUT2D eigenvalue weighted by Gasteiger charge is -2.30. The molecule has 0 radical (unpaired) electrons. The molecule has 0 amide bonds. The topological polar surface area (TPSA) is 59.2 Å². The van der Waals surface area contributed by atoms with Crippen LogP contribution in [-0.4, -0.2) is 23.5 Å². The maximum Gasteiger partial charge on any atom is 0.266 e. The van der Waals surface area contributed by atoms with Crippen LogP contribution in [0.2, 0.25) is 0 Å². The molecule has 0 spiro atoms. The highest BCUT2D eigenvalue weighted by molar-refractivity contribution is 7.07. The molecule has 1 fully saturated rings. The molecular formula is C19H23NO3S. The van der Waals surface area contributed by atoms with Crippen LogP contribution < -0.4 is 14.8 Å². The molecule has 4 nitrogen and oxygen atoms in total. The molecule has 24 heavy (non-hydrogen) atoms. The van der Waals surface area contributed by atoms with Crippen LogP contribution in [0.3, 0.4) is 0 Å². The van der Waals surface area contributed by atoms with Crippen molar-refractivity contribution in [1.82, 2.24) is 4.98 Å². The molecule has 128 valence electrons. The summed E-state index contributed by atoms with van der Waals surface area (Å²) in [5.74, 6) is 0.396. The van der Waals surface area contributed by atoms with Crippen molar-refractivity contribution in [2.24, 2.45) is 11.3 Å². The summed E-state index contributed by atoms with van der Waals surface area (Å²) in [4.78, 5) is 27.0.